The number of carbonyl (C=O) groups is 1. The molecule has 0 bridgehead atoms. The molecule has 126 valence electrons. The van der Waals surface area contributed by atoms with Gasteiger partial charge in [-0.15, -0.1) is 0 Å². The van der Waals surface area contributed by atoms with E-state index in [-0.39, 0.29) is 5.92 Å². The minimum absolute atomic E-state index is 0.265. The van der Waals surface area contributed by atoms with Crippen molar-refractivity contribution in [2.24, 2.45) is 5.92 Å². The predicted molar refractivity (Wildman–Crippen MR) is 91.4 cm³/mol. The number of piperazine rings is 1. The molecule has 1 saturated heterocycles. The third-order valence-electron chi connectivity index (χ3n) is 5.07. The molecule has 1 aliphatic carbocycles. The van der Waals surface area contributed by atoms with E-state index in [2.05, 4.69) is 4.90 Å². The van der Waals surface area contributed by atoms with Crippen LogP contribution in [-0.2, 0) is 4.79 Å². The normalized spacial score (nSPS) is 21.6. The van der Waals surface area contributed by atoms with Crippen molar-refractivity contribution in [3.8, 4) is 0 Å². The molecule has 1 aromatic rings. The number of halogens is 1. The summed E-state index contributed by atoms with van der Waals surface area (Å²) in [5.41, 5.74) is 0.888. The Morgan fingerprint density at radius 1 is 1.13 bits per heavy atom. The second-order valence-corrected chi connectivity index (χ2v) is 7.11. The van der Waals surface area contributed by atoms with Gasteiger partial charge in [-0.3, -0.25) is 9.69 Å². The zero-order chi connectivity index (χ0) is 16.2. The number of aliphatic hydroxyl groups is 1. The molecule has 1 saturated carbocycles. The first-order chi connectivity index (χ1) is 11.1. The van der Waals surface area contributed by atoms with Crippen molar-refractivity contribution in [1.82, 2.24) is 9.80 Å². The highest BCUT2D eigenvalue weighted by Crippen LogP contribution is 2.27. The van der Waals surface area contributed by atoms with Gasteiger partial charge >= 0.3 is 0 Å². The molecular weight excluding hydrogens is 312 g/mol. The number of carbonyl (C=O) groups excluding carboxylic acids is 1. The van der Waals surface area contributed by atoms with Crippen molar-refractivity contribution >= 4 is 17.5 Å². The average molecular weight is 337 g/mol. The fourth-order valence-corrected chi connectivity index (χ4v) is 3.74. The van der Waals surface area contributed by atoms with Gasteiger partial charge in [-0.05, 0) is 30.5 Å². The Labute approximate surface area is 143 Å². The summed E-state index contributed by atoms with van der Waals surface area (Å²) in [5, 5.41) is 11.0. The summed E-state index contributed by atoms with van der Waals surface area (Å²) in [5.74, 6) is 0.613. The fourth-order valence-electron chi connectivity index (χ4n) is 3.62. The fraction of sp³-hybridized carbons (Fsp3) is 0.611. The summed E-state index contributed by atoms with van der Waals surface area (Å²) in [4.78, 5) is 16.7. The largest absolute Gasteiger partial charge is 0.387 e. The van der Waals surface area contributed by atoms with Crippen LogP contribution < -0.4 is 0 Å². The van der Waals surface area contributed by atoms with Crippen LogP contribution in [0.25, 0.3) is 0 Å². The van der Waals surface area contributed by atoms with E-state index in [1.807, 2.05) is 17.0 Å². The number of amides is 1. The van der Waals surface area contributed by atoms with Crippen molar-refractivity contribution in [2.45, 2.75) is 31.8 Å². The van der Waals surface area contributed by atoms with Crippen molar-refractivity contribution in [2.75, 3.05) is 32.7 Å². The topological polar surface area (TPSA) is 43.8 Å². The number of nitrogens with zero attached hydrogens (tertiary/aromatic N) is 2. The second-order valence-electron chi connectivity index (χ2n) is 6.67. The zero-order valence-electron chi connectivity index (χ0n) is 13.5. The number of β-amino-alcohol motifs (C(OH)–C–C–N with tert-alkyl or cyclic N) is 1. The van der Waals surface area contributed by atoms with Gasteiger partial charge in [-0.1, -0.05) is 36.6 Å². The van der Waals surface area contributed by atoms with Crippen LogP contribution in [0.5, 0.6) is 0 Å². The maximum Gasteiger partial charge on any atom is 0.225 e. The summed E-state index contributed by atoms with van der Waals surface area (Å²) in [6.07, 6.45) is 4.01. The molecule has 1 aromatic carbocycles. The summed E-state index contributed by atoms with van der Waals surface area (Å²) >= 11 is 5.88. The van der Waals surface area contributed by atoms with Crippen LogP contribution in [0.15, 0.2) is 24.3 Å². The van der Waals surface area contributed by atoms with Crippen molar-refractivity contribution in [1.29, 1.82) is 0 Å². The smallest absolute Gasteiger partial charge is 0.225 e. The highest BCUT2D eigenvalue weighted by atomic mass is 35.5. The minimum Gasteiger partial charge on any atom is -0.387 e. The summed E-state index contributed by atoms with van der Waals surface area (Å²) in [7, 11) is 0. The van der Waals surface area contributed by atoms with Gasteiger partial charge in [0, 0.05) is 43.7 Å². The van der Waals surface area contributed by atoms with Crippen LogP contribution in [0.1, 0.15) is 37.4 Å². The van der Waals surface area contributed by atoms with E-state index < -0.39 is 6.10 Å². The lowest BCUT2D eigenvalue weighted by Crippen LogP contribution is -2.50. The van der Waals surface area contributed by atoms with Crippen molar-refractivity contribution in [3.05, 3.63) is 34.9 Å². The summed E-state index contributed by atoms with van der Waals surface area (Å²) in [6, 6.07) is 7.34. The molecule has 1 atom stereocenters. The second kappa shape index (κ2) is 7.65. The van der Waals surface area contributed by atoms with Crippen LogP contribution >= 0.6 is 11.6 Å². The van der Waals surface area contributed by atoms with Crippen LogP contribution in [0.4, 0.5) is 0 Å². The Hall–Kier alpha value is -1.10. The molecule has 23 heavy (non-hydrogen) atoms. The minimum atomic E-state index is -0.510. The molecule has 0 aromatic heterocycles. The maximum atomic E-state index is 12.4. The Balaban J connectivity index is 1.47. The molecule has 1 amide bonds. The highest BCUT2D eigenvalue weighted by molar-refractivity contribution is 6.30. The van der Waals surface area contributed by atoms with E-state index in [1.165, 1.54) is 12.8 Å². The SMILES string of the molecule is O=C(C1CCCC1)N1CCN(C[C@H](O)c2ccc(Cl)cc2)CC1. The molecule has 5 heteroatoms. The molecule has 4 nitrogen and oxygen atoms in total. The maximum absolute atomic E-state index is 12.4. The van der Waals surface area contributed by atoms with Gasteiger partial charge in [-0.2, -0.15) is 0 Å². The predicted octanol–water partition coefficient (Wildman–Crippen LogP) is 2.71. The van der Waals surface area contributed by atoms with Crippen molar-refractivity contribution in [3.63, 3.8) is 0 Å². The monoisotopic (exact) mass is 336 g/mol. The van der Waals surface area contributed by atoms with Gasteiger partial charge in [-0.25, -0.2) is 0 Å². The molecule has 1 N–H and O–H groups in total. The third kappa shape index (κ3) is 4.25. The first kappa shape index (κ1) is 16.7. The number of aliphatic hydroxyl groups excluding tert-OH is 1. The van der Waals surface area contributed by atoms with Crippen LogP contribution in [0.3, 0.4) is 0 Å². The molecule has 1 aliphatic heterocycles. The third-order valence-corrected chi connectivity index (χ3v) is 5.33. The molecule has 0 radical (unpaired) electrons. The average Bonchev–Trinajstić information content (AvgIpc) is 3.10. The lowest BCUT2D eigenvalue weighted by atomic mass is 10.1. The van der Waals surface area contributed by atoms with Gasteiger partial charge < -0.3 is 10.0 Å². The van der Waals surface area contributed by atoms with Crippen LogP contribution in [0, 0.1) is 5.92 Å². The Morgan fingerprint density at radius 3 is 2.35 bits per heavy atom. The first-order valence-corrected chi connectivity index (χ1v) is 8.96. The Morgan fingerprint density at radius 2 is 1.74 bits per heavy atom. The lowest BCUT2D eigenvalue weighted by Gasteiger charge is -2.36. The van der Waals surface area contributed by atoms with E-state index in [4.69, 9.17) is 11.6 Å². The van der Waals surface area contributed by atoms with Gasteiger partial charge in [0.05, 0.1) is 6.10 Å². The number of rotatable bonds is 4. The van der Waals surface area contributed by atoms with Gasteiger partial charge in [0.1, 0.15) is 0 Å². The van der Waals surface area contributed by atoms with E-state index in [0.29, 0.717) is 17.5 Å². The van der Waals surface area contributed by atoms with Crippen molar-refractivity contribution < 1.29 is 9.90 Å². The van der Waals surface area contributed by atoms with Gasteiger partial charge in [0.15, 0.2) is 0 Å². The van der Waals surface area contributed by atoms with Crippen LogP contribution in [0.2, 0.25) is 5.02 Å². The standard InChI is InChI=1S/C18H25ClN2O2/c19-16-7-5-14(6-8-16)17(22)13-20-9-11-21(12-10-20)18(23)15-3-1-2-4-15/h5-8,15,17,22H,1-4,9-13H2/t17-/m0/s1. The summed E-state index contributed by atoms with van der Waals surface area (Å²) in [6.45, 7) is 3.84. The Bertz CT molecular complexity index is 520. The molecule has 0 unspecified atom stereocenters. The Kier molecular flexibility index (Phi) is 5.57. The lowest BCUT2D eigenvalue weighted by molar-refractivity contribution is -0.137. The van der Waals surface area contributed by atoms with Crippen LogP contribution in [-0.4, -0.2) is 53.5 Å². The van der Waals surface area contributed by atoms with Gasteiger partial charge in [0.2, 0.25) is 5.91 Å². The first-order valence-electron chi connectivity index (χ1n) is 8.58. The zero-order valence-corrected chi connectivity index (χ0v) is 14.2. The van der Waals surface area contributed by atoms with E-state index in [9.17, 15) is 9.90 Å². The molecular formula is C18H25ClN2O2. The van der Waals surface area contributed by atoms with E-state index in [1.54, 1.807) is 12.1 Å². The molecule has 3 rings (SSSR count). The molecule has 2 fully saturated rings. The van der Waals surface area contributed by atoms with E-state index >= 15 is 0 Å². The number of benzene rings is 1. The number of hydrogen-bond acceptors (Lipinski definition) is 3. The highest BCUT2D eigenvalue weighted by Gasteiger charge is 2.29. The molecule has 1 heterocycles. The molecule has 2 aliphatic rings. The quantitative estimate of drug-likeness (QED) is 0.919. The van der Waals surface area contributed by atoms with Gasteiger partial charge in [0.25, 0.3) is 0 Å². The number of hydrogen-bond donors (Lipinski definition) is 1. The van der Waals surface area contributed by atoms with E-state index in [0.717, 1.165) is 44.6 Å². The summed E-state index contributed by atoms with van der Waals surface area (Å²) < 4.78 is 0. The molecule has 0 spiro atoms.